The maximum atomic E-state index is 13.1. The molecule has 0 aromatic carbocycles. The van der Waals surface area contributed by atoms with Crippen LogP contribution < -0.4 is 15.8 Å². The van der Waals surface area contributed by atoms with E-state index in [2.05, 4.69) is 10.2 Å². The number of aromatic nitrogens is 2. The zero-order valence-electron chi connectivity index (χ0n) is 15.4. The average molecular weight is 365 g/mol. The number of likely N-dealkylation sites (N-methyl/N-ethyl adjacent to an activating group) is 1. The molecule has 1 fully saturated rings. The van der Waals surface area contributed by atoms with Gasteiger partial charge in [-0.15, -0.1) is 0 Å². The molecule has 0 bridgehead atoms. The van der Waals surface area contributed by atoms with Crippen molar-refractivity contribution in [1.29, 1.82) is 5.26 Å². The van der Waals surface area contributed by atoms with Crippen LogP contribution in [0.3, 0.4) is 0 Å². The lowest BCUT2D eigenvalue weighted by Gasteiger charge is -2.23. The molecule has 2 aromatic rings. The smallest absolute Gasteiger partial charge is 0.267 e. The van der Waals surface area contributed by atoms with E-state index in [-0.39, 0.29) is 16.7 Å². The lowest BCUT2D eigenvalue weighted by molar-refractivity contribution is -0.116. The molecule has 0 saturated carbocycles. The molecule has 0 unspecified atom stereocenters. The standard InChI is InChI=1S/C20H23N5O2/c1-2-22-19(26)15(14-21)13-16-18(24-10-6-3-4-7-11-24)23-17-9-5-8-12-25(17)20(16)27/h5,8-9,12-13H,2-4,6-7,10-11H2,1H3,(H,22,26)/b15-13+. The first-order chi connectivity index (χ1) is 13.2. The first-order valence-electron chi connectivity index (χ1n) is 9.32. The molecule has 140 valence electrons. The Hall–Kier alpha value is -3.14. The summed E-state index contributed by atoms with van der Waals surface area (Å²) in [5, 5.41) is 12.0. The molecule has 0 spiro atoms. The van der Waals surface area contributed by atoms with Gasteiger partial charge in [0, 0.05) is 25.8 Å². The molecule has 3 rings (SSSR count). The number of fused-ring (bicyclic) bond motifs is 1. The Morgan fingerprint density at radius 3 is 2.70 bits per heavy atom. The summed E-state index contributed by atoms with van der Waals surface area (Å²) >= 11 is 0. The first kappa shape index (κ1) is 18.6. The van der Waals surface area contributed by atoms with Gasteiger partial charge in [0.15, 0.2) is 0 Å². The van der Waals surface area contributed by atoms with Crippen molar-refractivity contribution >= 4 is 23.4 Å². The fourth-order valence-electron chi connectivity index (χ4n) is 3.29. The molecule has 1 N–H and O–H groups in total. The highest BCUT2D eigenvalue weighted by Gasteiger charge is 2.20. The summed E-state index contributed by atoms with van der Waals surface area (Å²) < 4.78 is 1.44. The molecular formula is C20H23N5O2. The molecule has 1 aliphatic heterocycles. The number of nitriles is 1. The van der Waals surface area contributed by atoms with Crippen LogP contribution in [0.15, 0.2) is 34.8 Å². The maximum absolute atomic E-state index is 13.1. The highest BCUT2D eigenvalue weighted by molar-refractivity contribution is 6.02. The molecule has 1 aliphatic rings. The summed E-state index contributed by atoms with van der Waals surface area (Å²) in [6.45, 7) is 3.80. The first-order valence-corrected chi connectivity index (χ1v) is 9.32. The van der Waals surface area contributed by atoms with Crippen LogP contribution in [0.1, 0.15) is 38.2 Å². The van der Waals surface area contributed by atoms with Crippen LogP contribution in [0, 0.1) is 11.3 Å². The Balaban J connectivity index is 2.20. The molecule has 0 aliphatic carbocycles. The zero-order valence-corrected chi connectivity index (χ0v) is 15.4. The van der Waals surface area contributed by atoms with Gasteiger partial charge in [-0.25, -0.2) is 4.98 Å². The SMILES string of the molecule is CCNC(=O)/C(C#N)=C/c1c(N2CCCCCC2)nc2ccccn2c1=O. The predicted molar refractivity (Wildman–Crippen MR) is 104 cm³/mol. The second-order valence-electron chi connectivity index (χ2n) is 6.51. The normalized spacial score (nSPS) is 15.3. The number of carbonyl (C=O) groups excluding carboxylic acids is 1. The number of nitrogens with zero attached hydrogens (tertiary/aromatic N) is 4. The Bertz CT molecular complexity index is 962. The van der Waals surface area contributed by atoms with Crippen molar-refractivity contribution in [3.05, 3.63) is 45.9 Å². The number of rotatable bonds is 4. The number of hydrogen-bond acceptors (Lipinski definition) is 5. The van der Waals surface area contributed by atoms with Crippen LogP contribution in [-0.2, 0) is 4.79 Å². The minimum absolute atomic E-state index is 0.0947. The Morgan fingerprint density at radius 1 is 1.30 bits per heavy atom. The van der Waals surface area contributed by atoms with E-state index >= 15 is 0 Å². The van der Waals surface area contributed by atoms with Crippen molar-refractivity contribution in [3.8, 4) is 6.07 Å². The van der Waals surface area contributed by atoms with Crippen molar-refractivity contribution in [3.63, 3.8) is 0 Å². The van der Waals surface area contributed by atoms with Crippen molar-refractivity contribution in [2.75, 3.05) is 24.5 Å². The molecular weight excluding hydrogens is 342 g/mol. The quantitative estimate of drug-likeness (QED) is 0.662. The third-order valence-electron chi connectivity index (χ3n) is 4.65. The van der Waals surface area contributed by atoms with Gasteiger partial charge in [0.25, 0.3) is 11.5 Å². The number of pyridine rings is 1. The van der Waals surface area contributed by atoms with Gasteiger partial charge in [-0.1, -0.05) is 18.9 Å². The molecule has 7 heteroatoms. The van der Waals surface area contributed by atoms with E-state index in [9.17, 15) is 14.9 Å². The van der Waals surface area contributed by atoms with Gasteiger partial charge in [-0.2, -0.15) is 5.26 Å². The van der Waals surface area contributed by atoms with E-state index in [1.807, 2.05) is 12.1 Å². The molecule has 3 heterocycles. The van der Waals surface area contributed by atoms with Gasteiger partial charge < -0.3 is 10.2 Å². The molecule has 27 heavy (non-hydrogen) atoms. The van der Waals surface area contributed by atoms with Crippen molar-refractivity contribution in [2.24, 2.45) is 0 Å². The van der Waals surface area contributed by atoms with Crippen LogP contribution in [0.5, 0.6) is 0 Å². The molecule has 1 amide bonds. The van der Waals surface area contributed by atoms with Gasteiger partial charge in [-0.05, 0) is 38.0 Å². The number of carbonyl (C=O) groups is 1. The highest BCUT2D eigenvalue weighted by atomic mass is 16.1. The Labute approximate surface area is 157 Å². The van der Waals surface area contributed by atoms with Crippen molar-refractivity contribution in [2.45, 2.75) is 32.6 Å². The summed E-state index contributed by atoms with van der Waals surface area (Å²) in [4.78, 5) is 32.1. The topological polar surface area (TPSA) is 90.5 Å². The summed E-state index contributed by atoms with van der Waals surface area (Å²) in [6.07, 6.45) is 7.38. The minimum Gasteiger partial charge on any atom is -0.356 e. The van der Waals surface area contributed by atoms with E-state index in [0.29, 0.717) is 18.0 Å². The fourth-order valence-corrected chi connectivity index (χ4v) is 3.29. The van der Waals surface area contributed by atoms with E-state index < -0.39 is 5.91 Å². The van der Waals surface area contributed by atoms with Crippen molar-refractivity contribution < 1.29 is 4.79 Å². The highest BCUT2D eigenvalue weighted by Crippen LogP contribution is 2.22. The molecule has 1 saturated heterocycles. The van der Waals surface area contributed by atoms with Crippen LogP contribution in [0.4, 0.5) is 5.82 Å². The maximum Gasteiger partial charge on any atom is 0.267 e. The van der Waals surface area contributed by atoms with Crippen LogP contribution in [0.25, 0.3) is 11.7 Å². The fraction of sp³-hybridized carbons (Fsp3) is 0.400. The molecule has 7 nitrogen and oxygen atoms in total. The van der Waals surface area contributed by atoms with Crippen LogP contribution in [-0.4, -0.2) is 34.9 Å². The van der Waals surface area contributed by atoms with E-state index in [1.165, 1.54) is 10.5 Å². The lowest BCUT2D eigenvalue weighted by Crippen LogP contribution is -2.30. The third-order valence-corrected chi connectivity index (χ3v) is 4.65. The number of hydrogen-bond donors (Lipinski definition) is 1. The summed E-state index contributed by atoms with van der Waals surface area (Å²) in [5.74, 6) is 0.0597. The Morgan fingerprint density at radius 2 is 2.04 bits per heavy atom. The molecule has 0 atom stereocenters. The number of anilines is 1. The monoisotopic (exact) mass is 365 g/mol. The summed E-state index contributed by atoms with van der Waals surface area (Å²) in [6, 6.07) is 7.28. The van der Waals surface area contributed by atoms with Crippen LogP contribution >= 0.6 is 0 Å². The van der Waals surface area contributed by atoms with Gasteiger partial charge in [0.2, 0.25) is 0 Å². The second-order valence-corrected chi connectivity index (χ2v) is 6.51. The van der Waals surface area contributed by atoms with Crippen LogP contribution in [0.2, 0.25) is 0 Å². The predicted octanol–water partition coefficient (Wildman–Crippen LogP) is 2.12. The second kappa shape index (κ2) is 8.49. The number of nitrogens with one attached hydrogen (secondary N) is 1. The van der Waals surface area contributed by atoms with Gasteiger partial charge in [0.1, 0.15) is 23.1 Å². The average Bonchev–Trinajstić information content (AvgIpc) is 2.97. The lowest BCUT2D eigenvalue weighted by atomic mass is 10.1. The Kier molecular flexibility index (Phi) is 5.87. The largest absolute Gasteiger partial charge is 0.356 e. The number of amides is 1. The van der Waals surface area contributed by atoms with Gasteiger partial charge in [-0.3, -0.25) is 14.0 Å². The summed E-state index contributed by atoms with van der Waals surface area (Å²) in [7, 11) is 0. The molecule has 0 radical (unpaired) electrons. The van der Waals surface area contributed by atoms with Gasteiger partial charge >= 0.3 is 0 Å². The van der Waals surface area contributed by atoms with Crippen molar-refractivity contribution in [1.82, 2.24) is 14.7 Å². The summed E-state index contributed by atoms with van der Waals surface area (Å²) in [5.41, 5.74) is 0.457. The third kappa shape index (κ3) is 4.00. The molecule has 2 aromatic heterocycles. The zero-order chi connectivity index (χ0) is 19.2. The van der Waals surface area contributed by atoms with Gasteiger partial charge in [0.05, 0.1) is 5.56 Å². The van der Waals surface area contributed by atoms with E-state index in [1.54, 1.807) is 25.3 Å². The minimum atomic E-state index is -0.487. The van der Waals surface area contributed by atoms with E-state index in [0.717, 1.165) is 38.8 Å². The van der Waals surface area contributed by atoms with E-state index in [4.69, 9.17) is 4.98 Å².